The molecular formula is C21H24N4O3S2. The molecule has 0 fully saturated rings. The Bertz CT molecular complexity index is 1050. The normalized spacial score (nSPS) is 14.5. The molecule has 0 radical (unpaired) electrons. The average Bonchev–Trinajstić information content (AvgIpc) is 3.08. The van der Waals surface area contributed by atoms with Gasteiger partial charge in [-0.05, 0) is 35.1 Å². The molecule has 3 aromatic rings. The van der Waals surface area contributed by atoms with Crippen LogP contribution in [0.2, 0.25) is 0 Å². The number of rotatable bonds is 6. The molecule has 158 valence electrons. The number of aromatic nitrogens is 2. The lowest BCUT2D eigenvalue weighted by molar-refractivity contribution is -0.119. The second-order valence-corrected chi connectivity index (χ2v) is 9.20. The van der Waals surface area contributed by atoms with Gasteiger partial charge in [-0.2, -0.15) is 0 Å². The maximum Gasteiger partial charge on any atom is 0.230 e. The zero-order chi connectivity index (χ0) is 21.1. The molecular weight excluding hydrogens is 420 g/mol. The number of hydrogen-bond acceptors (Lipinski definition) is 8. The predicted octanol–water partition coefficient (Wildman–Crippen LogP) is 4.04. The van der Waals surface area contributed by atoms with Gasteiger partial charge in [0, 0.05) is 6.42 Å². The van der Waals surface area contributed by atoms with E-state index in [2.05, 4.69) is 29.1 Å². The number of carbonyl (C=O) groups is 1. The van der Waals surface area contributed by atoms with Gasteiger partial charge in [0.15, 0.2) is 16.7 Å². The van der Waals surface area contributed by atoms with Gasteiger partial charge < -0.3 is 20.5 Å². The van der Waals surface area contributed by atoms with Crippen molar-refractivity contribution in [3.63, 3.8) is 0 Å². The standard InChI is InChI=1S/C21H24N4O3S2/c1-12(2)18(13-4-5-15-16(10-13)28-8-3-7-27-15)23-17(26)11-30-21-24-19(22)14-6-9-29-20(14)25-21/h4-6,9-10,12,18H,3,7-8,11H2,1-2H3,(H,23,26)(H2,22,24,25). The minimum absolute atomic E-state index is 0.0840. The highest BCUT2D eigenvalue weighted by Crippen LogP contribution is 2.34. The van der Waals surface area contributed by atoms with Gasteiger partial charge in [-0.25, -0.2) is 9.97 Å². The van der Waals surface area contributed by atoms with Crippen LogP contribution in [0.5, 0.6) is 11.5 Å². The van der Waals surface area contributed by atoms with Gasteiger partial charge in [-0.3, -0.25) is 4.79 Å². The zero-order valence-electron chi connectivity index (χ0n) is 16.9. The Balaban J connectivity index is 1.43. The van der Waals surface area contributed by atoms with Gasteiger partial charge in [0.25, 0.3) is 0 Å². The number of fused-ring (bicyclic) bond motifs is 2. The molecule has 9 heteroatoms. The topological polar surface area (TPSA) is 99.4 Å². The number of thioether (sulfide) groups is 1. The fraction of sp³-hybridized carbons (Fsp3) is 0.381. The number of thiophene rings is 1. The first-order valence-electron chi connectivity index (χ1n) is 9.83. The van der Waals surface area contributed by atoms with Crippen LogP contribution in [-0.4, -0.2) is 34.8 Å². The Morgan fingerprint density at radius 3 is 2.83 bits per heavy atom. The van der Waals surface area contributed by atoms with E-state index in [1.54, 1.807) is 0 Å². The summed E-state index contributed by atoms with van der Waals surface area (Å²) in [6, 6.07) is 7.63. The summed E-state index contributed by atoms with van der Waals surface area (Å²) in [6.45, 7) is 5.44. The quantitative estimate of drug-likeness (QED) is 0.437. The van der Waals surface area contributed by atoms with Gasteiger partial charge >= 0.3 is 0 Å². The van der Waals surface area contributed by atoms with E-state index in [4.69, 9.17) is 15.2 Å². The van der Waals surface area contributed by atoms with Crippen LogP contribution in [0.15, 0.2) is 34.8 Å². The summed E-state index contributed by atoms with van der Waals surface area (Å²) in [7, 11) is 0. The SMILES string of the molecule is CC(C)C(NC(=O)CSc1nc(N)c2ccsc2n1)c1ccc2c(c1)OCCCO2. The van der Waals surface area contributed by atoms with E-state index in [1.807, 2.05) is 29.6 Å². The molecule has 0 saturated heterocycles. The van der Waals surface area contributed by atoms with Gasteiger partial charge in [0.2, 0.25) is 5.91 Å². The first-order chi connectivity index (χ1) is 14.5. The van der Waals surface area contributed by atoms with E-state index in [9.17, 15) is 4.79 Å². The molecule has 1 atom stereocenters. The average molecular weight is 445 g/mol. The Morgan fingerprint density at radius 1 is 1.23 bits per heavy atom. The number of nitrogens with one attached hydrogen (secondary N) is 1. The maximum atomic E-state index is 12.7. The summed E-state index contributed by atoms with van der Waals surface area (Å²) in [5.41, 5.74) is 6.98. The molecule has 0 aliphatic carbocycles. The maximum absolute atomic E-state index is 12.7. The lowest BCUT2D eigenvalue weighted by Crippen LogP contribution is -2.33. The van der Waals surface area contributed by atoms with Crippen molar-refractivity contribution in [2.45, 2.75) is 31.5 Å². The molecule has 1 aliphatic rings. The van der Waals surface area contributed by atoms with Gasteiger partial charge in [0.05, 0.1) is 30.4 Å². The van der Waals surface area contributed by atoms with Gasteiger partial charge in [-0.15, -0.1) is 11.3 Å². The van der Waals surface area contributed by atoms with Crippen LogP contribution in [-0.2, 0) is 4.79 Å². The second kappa shape index (κ2) is 9.09. The minimum Gasteiger partial charge on any atom is -0.490 e. The number of amides is 1. The van der Waals surface area contributed by atoms with Crippen molar-refractivity contribution in [3.05, 3.63) is 35.2 Å². The number of anilines is 1. The molecule has 3 heterocycles. The molecule has 1 amide bonds. The highest BCUT2D eigenvalue weighted by Gasteiger charge is 2.21. The summed E-state index contributed by atoms with van der Waals surface area (Å²) >= 11 is 2.79. The lowest BCUT2D eigenvalue weighted by atomic mass is 9.95. The van der Waals surface area contributed by atoms with Crippen LogP contribution >= 0.6 is 23.1 Å². The number of ether oxygens (including phenoxy) is 2. The minimum atomic E-state index is -0.138. The van der Waals surface area contributed by atoms with Crippen molar-refractivity contribution < 1.29 is 14.3 Å². The van der Waals surface area contributed by atoms with Crippen LogP contribution in [0, 0.1) is 5.92 Å². The highest BCUT2D eigenvalue weighted by molar-refractivity contribution is 7.99. The molecule has 0 spiro atoms. The van der Waals surface area contributed by atoms with Crippen molar-refractivity contribution in [2.75, 3.05) is 24.7 Å². The summed E-state index contributed by atoms with van der Waals surface area (Å²) in [6.07, 6.45) is 0.857. The van der Waals surface area contributed by atoms with E-state index in [0.717, 1.165) is 33.7 Å². The highest BCUT2D eigenvalue weighted by atomic mass is 32.2. The van der Waals surface area contributed by atoms with Crippen molar-refractivity contribution in [1.82, 2.24) is 15.3 Å². The lowest BCUT2D eigenvalue weighted by Gasteiger charge is -2.23. The summed E-state index contributed by atoms with van der Waals surface area (Å²) in [4.78, 5) is 22.3. The largest absolute Gasteiger partial charge is 0.490 e. The molecule has 30 heavy (non-hydrogen) atoms. The van der Waals surface area contributed by atoms with E-state index in [-0.39, 0.29) is 23.6 Å². The third kappa shape index (κ3) is 4.62. The predicted molar refractivity (Wildman–Crippen MR) is 120 cm³/mol. The summed E-state index contributed by atoms with van der Waals surface area (Å²) in [5.74, 6) is 2.25. The van der Waals surface area contributed by atoms with E-state index < -0.39 is 0 Å². The third-order valence-electron chi connectivity index (χ3n) is 4.78. The fourth-order valence-electron chi connectivity index (χ4n) is 3.28. The Kier molecular flexibility index (Phi) is 6.29. The molecule has 0 bridgehead atoms. The summed E-state index contributed by atoms with van der Waals surface area (Å²) < 4.78 is 11.5. The van der Waals surface area contributed by atoms with Crippen molar-refractivity contribution in [1.29, 1.82) is 0 Å². The molecule has 2 aromatic heterocycles. The summed E-state index contributed by atoms with van der Waals surface area (Å²) in [5, 5.41) is 6.42. The molecule has 3 N–H and O–H groups in total. The second-order valence-electron chi connectivity index (χ2n) is 7.37. The van der Waals surface area contributed by atoms with E-state index in [0.29, 0.717) is 24.2 Å². The molecule has 1 aliphatic heterocycles. The zero-order valence-corrected chi connectivity index (χ0v) is 18.5. The molecule has 0 saturated carbocycles. The van der Waals surface area contributed by atoms with Crippen LogP contribution in [0.3, 0.4) is 0 Å². The van der Waals surface area contributed by atoms with Crippen molar-refractivity contribution >= 4 is 45.0 Å². The first-order valence-corrected chi connectivity index (χ1v) is 11.7. The molecule has 4 rings (SSSR count). The van der Waals surface area contributed by atoms with Crippen molar-refractivity contribution in [2.24, 2.45) is 5.92 Å². The first kappa shape index (κ1) is 20.7. The Morgan fingerprint density at radius 2 is 2.03 bits per heavy atom. The molecule has 7 nitrogen and oxygen atoms in total. The van der Waals surface area contributed by atoms with E-state index in [1.165, 1.54) is 23.1 Å². The monoisotopic (exact) mass is 444 g/mol. The fourth-order valence-corrected chi connectivity index (χ4v) is 4.77. The van der Waals surface area contributed by atoms with Crippen LogP contribution < -0.4 is 20.5 Å². The van der Waals surface area contributed by atoms with E-state index >= 15 is 0 Å². The molecule has 1 aromatic carbocycles. The smallest absolute Gasteiger partial charge is 0.230 e. The molecule has 1 unspecified atom stereocenters. The van der Waals surface area contributed by atoms with Crippen molar-refractivity contribution in [3.8, 4) is 11.5 Å². The number of hydrogen-bond donors (Lipinski definition) is 2. The Hall–Kier alpha value is -2.52. The number of nitrogens with zero attached hydrogens (tertiary/aromatic N) is 2. The number of nitrogen functional groups attached to an aromatic ring is 1. The van der Waals surface area contributed by atoms with Crippen LogP contribution in [0.25, 0.3) is 10.2 Å². The Labute approximate surface area is 183 Å². The number of nitrogens with two attached hydrogens (primary N) is 1. The third-order valence-corrected chi connectivity index (χ3v) is 6.43. The van der Waals surface area contributed by atoms with Crippen LogP contribution in [0.1, 0.15) is 31.9 Å². The van der Waals surface area contributed by atoms with Gasteiger partial charge in [-0.1, -0.05) is 31.7 Å². The van der Waals surface area contributed by atoms with Gasteiger partial charge in [0.1, 0.15) is 10.6 Å². The number of carbonyl (C=O) groups excluding carboxylic acids is 1. The van der Waals surface area contributed by atoms with Crippen LogP contribution in [0.4, 0.5) is 5.82 Å². The number of benzene rings is 1.